The van der Waals surface area contributed by atoms with Crippen LogP contribution in [0.1, 0.15) is 11.1 Å². The summed E-state index contributed by atoms with van der Waals surface area (Å²) in [4.78, 5) is 5.19. The third kappa shape index (κ3) is 5.79. The van der Waals surface area contributed by atoms with E-state index < -0.39 is 0 Å². The third-order valence-electron chi connectivity index (χ3n) is 10.4. The molecule has 0 aliphatic heterocycles. The maximum Gasteiger partial charge on any atom is 0.139 e. The van der Waals surface area contributed by atoms with Gasteiger partial charge in [-0.2, -0.15) is 5.10 Å². The summed E-state index contributed by atoms with van der Waals surface area (Å²) in [5.41, 5.74) is 11.4. The van der Waals surface area contributed by atoms with Gasteiger partial charge in [0.15, 0.2) is 0 Å². The van der Waals surface area contributed by atoms with Crippen LogP contribution in [0.2, 0.25) is 0 Å². The lowest BCUT2D eigenvalue weighted by molar-refractivity contribution is 0.979. The van der Waals surface area contributed by atoms with E-state index in [4.69, 9.17) is 15.5 Å². The quantitative estimate of drug-likeness (QED) is 0.156. The standard InChI is InChI=1S/C51H35N5/c52-44(36-18-4-1-5-19-36)33-48(55-45-29-14-12-27-42(45)43-28-13-15-30-46(43)55)53-34-35-17-16-25-40(31-35)50-49(38-22-8-3-9-23-38)51-41-26-11-10-24-39(41)32-47(56(51)54-50)37-20-6-2-7-21-37/h1-34,52H/b48-33+,52-44?,53-34+. The molecule has 0 amide bonds. The fourth-order valence-electron chi connectivity index (χ4n) is 7.85. The highest BCUT2D eigenvalue weighted by atomic mass is 15.2. The van der Waals surface area contributed by atoms with Crippen LogP contribution in [-0.2, 0) is 0 Å². The summed E-state index contributed by atoms with van der Waals surface area (Å²) in [5, 5.41) is 19.1. The van der Waals surface area contributed by atoms with E-state index >= 15 is 0 Å². The van der Waals surface area contributed by atoms with Gasteiger partial charge in [0.1, 0.15) is 11.5 Å². The van der Waals surface area contributed by atoms with Crippen LogP contribution in [0.3, 0.4) is 0 Å². The molecule has 7 aromatic carbocycles. The molecule has 1 N–H and O–H groups in total. The Hall–Kier alpha value is -7.63. The molecule has 5 nitrogen and oxygen atoms in total. The number of para-hydroxylation sites is 2. The van der Waals surface area contributed by atoms with Gasteiger partial charge in [-0.1, -0.05) is 170 Å². The molecular formula is C51H35N5. The summed E-state index contributed by atoms with van der Waals surface area (Å²) in [7, 11) is 0. The largest absolute Gasteiger partial charge is 0.300 e. The van der Waals surface area contributed by atoms with E-state index in [-0.39, 0.29) is 0 Å². The van der Waals surface area contributed by atoms with Crippen LogP contribution in [-0.4, -0.2) is 26.1 Å². The van der Waals surface area contributed by atoms with Gasteiger partial charge < -0.3 is 5.41 Å². The molecule has 0 radical (unpaired) electrons. The molecule has 3 heterocycles. The molecule has 0 unspecified atom stereocenters. The van der Waals surface area contributed by atoms with Crippen LogP contribution in [0.5, 0.6) is 0 Å². The molecule has 0 spiro atoms. The van der Waals surface area contributed by atoms with E-state index in [2.05, 4.69) is 167 Å². The monoisotopic (exact) mass is 717 g/mol. The summed E-state index contributed by atoms with van der Waals surface area (Å²) < 4.78 is 4.28. The van der Waals surface area contributed by atoms with E-state index in [1.54, 1.807) is 0 Å². The minimum Gasteiger partial charge on any atom is -0.300 e. The summed E-state index contributed by atoms with van der Waals surface area (Å²) in [6, 6.07) is 66.9. The zero-order valence-corrected chi connectivity index (χ0v) is 30.4. The number of allylic oxidation sites excluding steroid dienone is 1. The normalized spacial score (nSPS) is 12.0. The van der Waals surface area contributed by atoms with Crippen LogP contribution < -0.4 is 0 Å². The number of aromatic nitrogens is 3. The number of benzene rings is 7. The summed E-state index contributed by atoms with van der Waals surface area (Å²) in [6.45, 7) is 0. The van der Waals surface area contributed by atoms with E-state index in [9.17, 15) is 0 Å². The molecule has 56 heavy (non-hydrogen) atoms. The highest BCUT2D eigenvalue weighted by Gasteiger charge is 2.22. The zero-order valence-electron chi connectivity index (χ0n) is 30.4. The lowest BCUT2D eigenvalue weighted by Gasteiger charge is -2.10. The van der Waals surface area contributed by atoms with Crippen molar-refractivity contribution in [2.75, 3.05) is 0 Å². The van der Waals surface area contributed by atoms with Crippen molar-refractivity contribution in [3.63, 3.8) is 0 Å². The van der Waals surface area contributed by atoms with Crippen LogP contribution in [0.25, 0.3) is 77.6 Å². The van der Waals surface area contributed by atoms with E-state index in [1.807, 2.05) is 48.7 Å². The predicted molar refractivity (Wildman–Crippen MR) is 234 cm³/mol. The molecule has 0 bridgehead atoms. The van der Waals surface area contributed by atoms with Crippen LogP contribution in [0.15, 0.2) is 205 Å². The topological polar surface area (TPSA) is 58.4 Å². The molecule has 264 valence electrons. The lowest BCUT2D eigenvalue weighted by Crippen LogP contribution is -2.01. The molecule has 10 aromatic rings. The van der Waals surface area contributed by atoms with Crippen molar-refractivity contribution >= 4 is 55.8 Å². The minimum atomic E-state index is 0.381. The number of nitrogens with zero attached hydrogens (tertiary/aromatic N) is 4. The first-order valence-electron chi connectivity index (χ1n) is 18.8. The van der Waals surface area contributed by atoms with Crippen molar-refractivity contribution in [3.05, 3.63) is 211 Å². The molecule has 3 aromatic heterocycles. The Bertz CT molecular complexity index is 3080. The van der Waals surface area contributed by atoms with Gasteiger partial charge in [-0.25, -0.2) is 9.51 Å². The Morgan fingerprint density at radius 2 is 1.11 bits per heavy atom. The first-order chi connectivity index (χ1) is 27.7. The van der Waals surface area contributed by atoms with Crippen molar-refractivity contribution in [2.24, 2.45) is 4.99 Å². The Morgan fingerprint density at radius 1 is 0.536 bits per heavy atom. The number of fused-ring (bicyclic) bond motifs is 6. The van der Waals surface area contributed by atoms with E-state index in [0.29, 0.717) is 11.5 Å². The predicted octanol–water partition coefficient (Wildman–Crippen LogP) is 12.6. The molecular weight excluding hydrogens is 683 g/mol. The van der Waals surface area contributed by atoms with Crippen molar-refractivity contribution in [1.82, 2.24) is 14.2 Å². The molecule has 0 atom stereocenters. The maximum absolute atomic E-state index is 9.13. The number of aliphatic imine (C=N–C) groups is 1. The average Bonchev–Trinajstić information content (AvgIpc) is 3.83. The second-order valence-corrected chi connectivity index (χ2v) is 13.9. The van der Waals surface area contributed by atoms with Gasteiger partial charge in [0.05, 0.1) is 28.0 Å². The average molecular weight is 718 g/mol. The Balaban J connectivity index is 1.16. The smallest absolute Gasteiger partial charge is 0.139 e. The summed E-state index contributed by atoms with van der Waals surface area (Å²) in [6.07, 6.45) is 3.76. The second kappa shape index (κ2) is 14.0. The lowest BCUT2D eigenvalue weighted by atomic mass is 9.96. The van der Waals surface area contributed by atoms with Crippen LogP contribution >= 0.6 is 0 Å². The molecule has 0 saturated heterocycles. The summed E-state index contributed by atoms with van der Waals surface area (Å²) in [5.74, 6) is 0.651. The van der Waals surface area contributed by atoms with Gasteiger partial charge in [-0.05, 0) is 46.3 Å². The number of pyridine rings is 1. The van der Waals surface area contributed by atoms with Crippen LogP contribution in [0, 0.1) is 5.41 Å². The van der Waals surface area contributed by atoms with E-state index in [0.717, 1.165) is 82.9 Å². The molecule has 0 aliphatic rings. The number of hydrogen-bond donors (Lipinski definition) is 1. The highest BCUT2D eigenvalue weighted by molar-refractivity contribution is 6.14. The molecule has 0 saturated carbocycles. The van der Waals surface area contributed by atoms with Gasteiger partial charge >= 0.3 is 0 Å². The SMILES string of the molecule is N=C(/C=C(\N=C\c1cccc(-c2nn3c(-c4ccccc4)cc4ccccc4c3c2-c2ccccc2)c1)n1c2ccccc2c2ccccc21)c1ccccc1. The number of hydrogen-bond acceptors (Lipinski definition) is 3. The molecule has 0 aliphatic carbocycles. The fourth-order valence-corrected chi connectivity index (χ4v) is 7.85. The van der Waals surface area contributed by atoms with Gasteiger partial charge in [-0.15, -0.1) is 0 Å². The van der Waals surface area contributed by atoms with Crippen LogP contribution in [0.4, 0.5) is 0 Å². The Morgan fingerprint density at radius 3 is 1.80 bits per heavy atom. The first kappa shape index (κ1) is 33.0. The molecule has 10 rings (SSSR count). The number of rotatable bonds is 8. The van der Waals surface area contributed by atoms with Crippen molar-refractivity contribution in [2.45, 2.75) is 0 Å². The second-order valence-electron chi connectivity index (χ2n) is 13.9. The van der Waals surface area contributed by atoms with Crippen molar-refractivity contribution < 1.29 is 0 Å². The van der Waals surface area contributed by atoms with Gasteiger partial charge in [0, 0.05) is 45.1 Å². The first-order valence-corrected chi connectivity index (χ1v) is 18.8. The third-order valence-corrected chi connectivity index (χ3v) is 10.4. The van der Waals surface area contributed by atoms with Crippen molar-refractivity contribution in [3.8, 4) is 33.6 Å². The van der Waals surface area contributed by atoms with Gasteiger partial charge in [0.25, 0.3) is 0 Å². The molecule has 0 fully saturated rings. The van der Waals surface area contributed by atoms with E-state index in [1.165, 1.54) is 0 Å². The minimum absolute atomic E-state index is 0.381. The Kier molecular flexibility index (Phi) is 8.23. The summed E-state index contributed by atoms with van der Waals surface area (Å²) >= 11 is 0. The number of nitrogens with one attached hydrogen (secondary N) is 1. The van der Waals surface area contributed by atoms with Gasteiger partial charge in [-0.3, -0.25) is 4.57 Å². The fraction of sp³-hybridized carbons (Fsp3) is 0. The van der Waals surface area contributed by atoms with Crippen molar-refractivity contribution in [1.29, 1.82) is 5.41 Å². The highest BCUT2D eigenvalue weighted by Crippen LogP contribution is 2.41. The Labute approximate surface area is 324 Å². The molecule has 5 heteroatoms. The zero-order chi connectivity index (χ0) is 37.4. The maximum atomic E-state index is 9.13. The van der Waals surface area contributed by atoms with Gasteiger partial charge in [0.2, 0.25) is 0 Å².